The number of nitrogens with zero attached hydrogens (tertiary/aromatic N) is 3. The summed E-state index contributed by atoms with van der Waals surface area (Å²) in [6.07, 6.45) is 7.78. The lowest BCUT2D eigenvalue weighted by atomic mass is 9.84. The van der Waals surface area contributed by atoms with Crippen molar-refractivity contribution in [1.29, 1.82) is 0 Å². The molecule has 1 aliphatic heterocycles. The zero-order valence-electron chi connectivity index (χ0n) is 14.8. The molecular weight excluding hydrogens is 350 g/mol. The summed E-state index contributed by atoms with van der Waals surface area (Å²) in [6.45, 7) is 2.77. The monoisotopic (exact) mass is 373 g/mol. The number of fused-ring (bicyclic) bond motifs is 2. The van der Waals surface area contributed by atoms with Crippen molar-refractivity contribution in [3.8, 4) is 11.6 Å². The third-order valence-corrected chi connectivity index (χ3v) is 7.56. The first-order valence-corrected chi connectivity index (χ1v) is 10.4. The zero-order chi connectivity index (χ0) is 17.7. The maximum atomic E-state index is 11.9. The average molecular weight is 373 g/mol. The van der Waals surface area contributed by atoms with Gasteiger partial charge >= 0.3 is 5.97 Å². The standard InChI is InChI=1S/C19H23N3O3S/c1-11(14-10-12-4-5-13(14)9-12)22-17(15-3-2-7-24-15)20-21-19(22)26-16-6-8-25-18(16)23/h2-3,7,11-14,16H,4-6,8-10H2,1H3/t11-,12+,13+,14+,16+/m1/s1. The zero-order valence-corrected chi connectivity index (χ0v) is 15.7. The fourth-order valence-electron chi connectivity index (χ4n) is 5.09. The molecule has 2 aromatic heterocycles. The molecule has 26 heavy (non-hydrogen) atoms. The molecule has 1 saturated heterocycles. The van der Waals surface area contributed by atoms with E-state index in [1.54, 1.807) is 6.26 Å². The predicted octanol–water partition coefficient (Wildman–Crippen LogP) is 3.94. The van der Waals surface area contributed by atoms with Crippen LogP contribution in [0.1, 0.15) is 45.1 Å². The second-order valence-electron chi connectivity index (χ2n) is 7.80. The molecule has 0 spiro atoms. The molecule has 3 aliphatic rings. The van der Waals surface area contributed by atoms with Crippen LogP contribution in [0.3, 0.4) is 0 Å². The normalized spacial score (nSPS) is 31.5. The van der Waals surface area contributed by atoms with E-state index < -0.39 is 0 Å². The van der Waals surface area contributed by atoms with Gasteiger partial charge in [-0.3, -0.25) is 9.36 Å². The number of hydrogen-bond acceptors (Lipinski definition) is 6. The van der Waals surface area contributed by atoms with Crippen LogP contribution in [0.4, 0.5) is 0 Å². The number of rotatable bonds is 5. The van der Waals surface area contributed by atoms with Crippen LogP contribution in [0.2, 0.25) is 0 Å². The Bertz CT molecular complexity index is 803. The van der Waals surface area contributed by atoms with Gasteiger partial charge in [-0.25, -0.2) is 0 Å². The molecule has 138 valence electrons. The van der Waals surface area contributed by atoms with Gasteiger partial charge in [0, 0.05) is 12.5 Å². The fourth-order valence-corrected chi connectivity index (χ4v) is 6.17. The first kappa shape index (κ1) is 16.4. The lowest BCUT2D eigenvalue weighted by Crippen LogP contribution is -2.24. The van der Waals surface area contributed by atoms with E-state index in [0.29, 0.717) is 18.6 Å². The smallest absolute Gasteiger partial charge is 0.319 e. The Kier molecular flexibility index (Phi) is 4.07. The van der Waals surface area contributed by atoms with Crippen molar-refractivity contribution < 1.29 is 13.9 Å². The third-order valence-electron chi connectivity index (χ3n) is 6.36. The fraction of sp³-hybridized carbons (Fsp3) is 0.632. The van der Waals surface area contributed by atoms with Crippen LogP contribution < -0.4 is 0 Å². The van der Waals surface area contributed by atoms with E-state index in [9.17, 15) is 4.79 Å². The van der Waals surface area contributed by atoms with Crippen molar-refractivity contribution in [3.63, 3.8) is 0 Å². The molecular formula is C19H23N3O3S. The summed E-state index contributed by atoms with van der Waals surface area (Å²) in [7, 11) is 0. The minimum absolute atomic E-state index is 0.142. The molecule has 0 amide bonds. The lowest BCUT2D eigenvalue weighted by Gasteiger charge is -2.30. The summed E-state index contributed by atoms with van der Waals surface area (Å²) in [6, 6.07) is 4.09. The van der Waals surface area contributed by atoms with Crippen LogP contribution in [0.15, 0.2) is 28.0 Å². The van der Waals surface area contributed by atoms with Crippen molar-refractivity contribution >= 4 is 17.7 Å². The van der Waals surface area contributed by atoms with E-state index in [0.717, 1.165) is 35.0 Å². The van der Waals surface area contributed by atoms with Gasteiger partial charge in [-0.1, -0.05) is 18.2 Å². The van der Waals surface area contributed by atoms with E-state index in [1.807, 2.05) is 12.1 Å². The minimum atomic E-state index is -0.186. The van der Waals surface area contributed by atoms with Gasteiger partial charge in [0.15, 0.2) is 10.9 Å². The summed E-state index contributed by atoms with van der Waals surface area (Å²) in [5.41, 5.74) is 0. The molecule has 0 unspecified atom stereocenters. The van der Waals surface area contributed by atoms with E-state index in [4.69, 9.17) is 9.15 Å². The van der Waals surface area contributed by atoms with E-state index in [-0.39, 0.29) is 11.2 Å². The van der Waals surface area contributed by atoms with Gasteiger partial charge in [0.25, 0.3) is 0 Å². The van der Waals surface area contributed by atoms with Gasteiger partial charge in [-0.05, 0) is 56.1 Å². The number of aromatic nitrogens is 3. The molecule has 3 heterocycles. The number of thioether (sulfide) groups is 1. The van der Waals surface area contributed by atoms with Gasteiger partial charge in [0.1, 0.15) is 5.25 Å². The van der Waals surface area contributed by atoms with Crippen LogP contribution >= 0.6 is 11.8 Å². The van der Waals surface area contributed by atoms with E-state index >= 15 is 0 Å². The molecule has 0 radical (unpaired) electrons. The predicted molar refractivity (Wildman–Crippen MR) is 96.6 cm³/mol. The number of esters is 1. The maximum absolute atomic E-state index is 11.9. The molecule has 0 aromatic carbocycles. The van der Waals surface area contributed by atoms with Crippen molar-refractivity contribution in [2.75, 3.05) is 6.61 Å². The number of furan rings is 1. The SMILES string of the molecule is C[C@H]([C@@H]1C[C@H]2CC[C@H]1C2)n1c(S[C@H]2CCOC2=O)nnc1-c1ccco1. The first-order valence-electron chi connectivity index (χ1n) is 9.52. The molecule has 5 atom stereocenters. The van der Waals surface area contributed by atoms with Crippen LogP contribution in [-0.2, 0) is 9.53 Å². The molecule has 3 fully saturated rings. The highest BCUT2D eigenvalue weighted by atomic mass is 32.2. The molecule has 2 aliphatic carbocycles. The van der Waals surface area contributed by atoms with Crippen LogP contribution in [-0.4, -0.2) is 32.6 Å². The largest absolute Gasteiger partial charge is 0.465 e. The van der Waals surface area contributed by atoms with Gasteiger partial charge in [-0.15, -0.1) is 10.2 Å². The second kappa shape index (κ2) is 6.44. The molecule has 0 N–H and O–H groups in total. The maximum Gasteiger partial charge on any atom is 0.319 e. The Morgan fingerprint density at radius 1 is 1.27 bits per heavy atom. The molecule has 2 saturated carbocycles. The summed E-state index contributed by atoms with van der Waals surface area (Å²) in [5, 5.41) is 9.48. The molecule has 2 bridgehead atoms. The van der Waals surface area contributed by atoms with Crippen LogP contribution in [0, 0.1) is 17.8 Å². The second-order valence-corrected chi connectivity index (χ2v) is 8.97. The topological polar surface area (TPSA) is 70.2 Å². The van der Waals surface area contributed by atoms with Crippen molar-refractivity contribution in [2.24, 2.45) is 17.8 Å². The summed E-state index contributed by atoms with van der Waals surface area (Å²) < 4.78 is 12.9. The van der Waals surface area contributed by atoms with Gasteiger partial charge < -0.3 is 9.15 Å². The number of carbonyl (C=O) groups is 1. The summed E-state index contributed by atoms with van der Waals surface area (Å²) in [5.74, 6) is 3.69. The molecule has 6 nitrogen and oxygen atoms in total. The Labute approximate surface area is 156 Å². The Balaban J connectivity index is 1.50. The summed E-state index contributed by atoms with van der Waals surface area (Å²) >= 11 is 1.48. The highest BCUT2D eigenvalue weighted by molar-refractivity contribution is 8.00. The number of ether oxygens (including phenoxy) is 1. The van der Waals surface area contributed by atoms with Gasteiger partial charge in [0.2, 0.25) is 5.82 Å². The molecule has 7 heteroatoms. The van der Waals surface area contributed by atoms with E-state index in [1.165, 1.54) is 37.4 Å². The lowest BCUT2D eigenvalue weighted by molar-refractivity contribution is -0.137. The Morgan fingerprint density at radius 2 is 2.19 bits per heavy atom. The van der Waals surface area contributed by atoms with Crippen LogP contribution in [0.5, 0.6) is 0 Å². The Hall–Kier alpha value is -1.76. The van der Waals surface area contributed by atoms with Crippen molar-refractivity contribution in [3.05, 3.63) is 18.4 Å². The number of cyclic esters (lactones) is 1. The highest BCUT2D eigenvalue weighted by Crippen LogP contribution is 2.53. The van der Waals surface area contributed by atoms with Crippen LogP contribution in [0.25, 0.3) is 11.6 Å². The highest BCUT2D eigenvalue weighted by Gasteiger charge is 2.43. The Morgan fingerprint density at radius 3 is 2.85 bits per heavy atom. The van der Waals surface area contributed by atoms with E-state index in [2.05, 4.69) is 21.7 Å². The first-order chi connectivity index (χ1) is 12.7. The number of carbonyl (C=O) groups excluding carboxylic acids is 1. The summed E-state index contributed by atoms with van der Waals surface area (Å²) in [4.78, 5) is 11.9. The number of hydrogen-bond donors (Lipinski definition) is 0. The molecule has 2 aromatic rings. The quantitative estimate of drug-likeness (QED) is 0.739. The van der Waals surface area contributed by atoms with Crippen molar-refractivity contribution in [2.45, 2.75) is 55.5 Å². The van der Waals surface area contributed by atoms with Gasteiger partial charge in [0.05, 0.1) is 12.9 Å². The minimum Gasteiger partial charge on any atom is -0.465 e. The average Bonchev–Trinajstić information content (AvgIpc) is 3.44. The van der Waals surface area contributed by atoms with Crippen molar-refractivity contribution in [1.82, 2.24) is 14.8 Å². The third kappa shape index (κ3) is 2.68. The molecule has 5 rings (SSSR count). The van der Waals surface area contributed by atoms with Gasteiger partial charge in [-0.2, -0.15) is 0 Å².